The van der Waals surface area contributed by atoms with Crippen molar-refractivity contribution in [2.45, 2.75) is 45.6 Å². The molecule has 0 aliphatic heterocycles. The number of rotatable bonds is 8. The first-order chi connectivity index (χ1) is 8.79. The molecule has 0 bridgehead atoms. The van der Waals surface area contributed by atoms with Crippen molar-refractivity contribution in [3.05, 3.63) is 0 Å². The molecule has 0 radical (unpaired) electrons. The lowest BCUT2D eigenvalue weighted by atomic mass is 10.1. The number of carboxylic acids is 1. The summed E-state index contributed by atoms with van der Waals surface area (Å²) in [5.41, 5.74) is 5.37. The zero-order valence-corrected chi connectivity index (χ0v) is 11.3. The van der Waals surface area contributed by atoms with Crippen molar-refractivity contribution >= 4 is 17.8 Å². The van der Waals surface area contributed by atoms with Gasteiger partial charge >= 0.3 is 5.97 Å². The number of carbonyl (C=O) groups excluding carboxylic acids is 2. The Bertz CT molecular complexity index is 330. The lowest BCUT2D eigenvalue weighted by Crippen LogP contribution is -2.48. The topological polar surface area (TPSA) is 121 Å². The quantitative estimate of drug-likeness (QED) is 0.532. The zero-order valence-electron chi connectivity index (χ0n) is 11.3. The Balaban J connectivity index is 4.42. The van der Waals surface area contributed by atoms with Crippen LogP contribution in [0.1, 0.15) is 39.5 Å². The number of aliphatic hydroxyl groups excluding tert-OH is 1. The number of hydrogen-bond acceptors (Lipinski definition) is 5. The number of aliphatic hydroxyl groups is 1. The Kier molecular flexibility index (Phi) is 7.94. The van der Waals surface area contributed by atoms with Crippen LogP contribution in [0, 0.1) is 5.92 Å². The highest BCUT2D eigenvalue weighted by Gasteiger charge is 2.27. The molecule has 0 aromatic carbocycles. The number of amides is 2. The van der Waals surface area contributed by atoms with E-state index in [-0.39, 0.29) is 6.42 Å². The molecule has 0 spiro atoms. The molecule has 0 heterocycles. The zero-order chi connectivity index (χ0) is 15.0. The molecule has 0 saturated heterocycles. The molecule has 0 fully saturated rings. The second kappa shape index (κ2) is 8.60. The normalized spacial score (nSPS) is 12.3. The highest BCUT2D eigenvalue weighted by atomic mass is 16.4. The van der Waals surface area contributed by atoms with Gasteiger partial charge in [-0.3, -0.25) is 19.3 Å². The van der Waals surface area contributed by atoms with Gasteiger partial charge in [-0.15, -0.1) is 0 Å². The van der Waals surface area contributed by atoms with Crippen LogP contribution in [0.5, 0.6) is 0 Å². The van der Waals surface area contributed by atoms with Gasteiger partial charge in [-0.25, -0.2) is 0 Å². The third-order valence-electron chi connectivity index (χ3n) is 2.59. The Hall–Kier alpha value is -1.47. The molecule has 0 saturated carbocycles. The van der Waals surface area contributed by atoms with Crippen LogP contribution in [0.25, 0.3) is 0 Å². The molecule has 0 aromatic rings. The Labute approximate surface area is 112 Å². The van der Waals surface area contributed by atoms with E-state index in [1.165, 1.54) is 0 Å². The maximum Gasteiger partial charge on any atom is 0.305 e. The highest BCUT2D eigenvalue weighted by Crippen LogP contribution is 2.09. The van der Waals surface area contributed by atoms with Crippen LogP contribution in [0.15, 0.2) is 0 Å². The van der Waals surface area contributed by atoms with Crippen molar-refractivity contribution in [3.63, 3.8) is 0 Å². The summed E-state index contributed by atoms with van der Waals surface area (Å²) < 4.78 is 0. The summed E-state index contributed by atoms with van der Waals surface area (Å²) in [4.78, 5) is 34.5. The summed E-state index contributed by atoms with van der Waals surface area (Å²) in [6.45, 7) is 3.25. The number of hydrogen-bond donors (Lipinski definition) is 3. The van der Waals surface area contributed by atoms with Gasteiger partial charge in [0.1, 0.15) is 6.73 Å². The average molecular weight is 274 g/mol. The molecular weight excluding hydrogens is 252 g/mol. The average Bonchev–Trinajstić information content (AvgIpc) is 2.28. The molecule has 2 amide bonds. The molecule has 19 heavy (non-hydrogen) atoms. The van der Waals surface area contributed by atoms with Gasteiger partial charge in [-0.05, 0) is 12.3 Å². The van der Waals surface area contributed by atoms with Gasteiger partial charge in [-0.1, -0.05) is 20.3 Å². The van der Waals surface area contributed by atoms with Gasteiger partial charge in [0.05, 0.1) is 12.5 Å². The minimum Gasteiger partial charge on any atom is -0.481 e. The Morgan fingerprint density at radius 2 is 1.84 bits per heavy atom. The largest absolute Gasteiger partial charge is 0.481 e. The molecule has 4 N–H and O–H groups in total. The van der Waals surface area contributed by atoms with E-state index in [0.29, 0.717) is 17.2 Å². The van der Waals surface area contributed by atoms with Crippen LogP contribution < -0.4 is 5.73 Å². The first-order valence-electron chi connectivity index (χ1n) is 6.22. The van der Waals surface area contributed by atoms with Crippen molar-refractivity contribution in [2.75, 3.05) is 6.73 Å². The van der Waals surface area contributed by atoms with E-state index in [1.54, 1.807) is 0 Å². The van der Waals surface area contributed by atoms with Gasteiger partial charge in [0.15, 0.2) is 0 Å². The third kappa shape index (κ3) is 6.88. The van der Waals surface area contributed by atoms with Crippen LogP contribution in [0.2, 0.25) is 0 Å². The maximum atomic E-state index is 11.7. The SMILES string of the molecule is CC(C)CCCC(=O)N(CO)C(=O)[C@@H](N)CC(=O)O. The fourth-order valence-electron chi connectivity index (χ4n) is 1.54. The fraction of sp³-hybridized carbons (Fsp3) is 0.750. The van der Waals surface area contributed by atoms with Gasteiger partial charge in [0, 0.05) is 6.42 Å². The maximum absolute atomic E-state index is 11.7. The summed E-state index contributed by atoms with van der Waals surface area (Å²) in [5, 5.41) is 17.6. The predicted octanol–water partition coefficient (Wildman–Crippen LogP) is -0.0803. The molecule has 0 rings (SSSR count). The molecule has 0 aliphatic rings. The predicted molar refractivity (Wildman–Crippen MR) is 67.9 cm³/mol. The summed E-state index contributed by atoms with van der Waals surface area (Å²) >= 11 is 0. The summed E-state index contributed by atoms with van der Waals surface area (Å²) in [7, 11) is 0. The Morgan fingerprint density at radius 1 is 1.26 bits per heavy atom. The van der Waals surface area contributed by atoms with Crippen molar-refractivity contribution in [3.8, 4) is 0 Å². The minimum absolute atomic E-state index is 0.129. The van der Waals surface area contributed by atoms with E-state index in [1.807, 2.05) is 13.8 Å². The number of nitrogens with zero attached hydrogens (tertiary/aromatic N) is 1. The molecule has 110 valence electrons. The van der Waals surface area contributed by atoms with Crippen molar-refractivity contribution in [1.29, 1.82) is 0 Å². The molecule has 0 aromatic heterocycles. The van der Waals surface area contributed by atoms with Crippen LogP contribution in [-0.4, -0.2) is 45.7 Å². The number of carbonyl (C=O) groups is 3. The first-order valence-corrected chi connectivity index (χ1v) is 6.22. The van der Waals surface area contributed by atoms with E-state index in [4.69, 9.17) is 15.9 Å². The molecule has 7 heteroatoms. The smallest absolute Gasteiger partial charge is 0.305 e. The van der Waals surface area contributed by atoms with Gasteiger partial charge in [-0.2, -0.15) is 0 Å². The first kappa shape index (κ1) is 17.5. The second-order valence-electron chi connectivity index (χ2n) is 4.79. The molecular formula is C12H22N2O5. The molecule has 7 nitrogen and oxygen atoms in total. The van der Waals surface area contributed by atoms with E-state index >= 15 is 0 Å². The highest BCUT2D eigenvalue weighted by molar-refractivity contribution is 5.98. The molecule has 0 unspecified atom stereocenters. The van der Waals surface area contributed by atoms with Crippen LogP contribution in [0.3, 0.4) is 0 Å². The van der Waals surface area contributed by atoms with Crippen molar-refractivity contribution in [1.82, 2.24) is 4.90 Å². The standard InChI is InChI=1S/C12H22N2O5/c1-8(2)4-3-5-10(16)14(7-15)12(19)9(13)6-11(17)18/h8-9,15H,3-7,13H2,1-2H3,(H,17,18)/t9-/m0/s1. The van der Waals surface area contributed by atoms with Gasteiger partial charge in [0.2, 0.25) is 11.8 Å². The van der Waals surface area contributed by atoms with Crippen molar-refractivity contribution in [2.24, 2.45) is 11.7 Å². The summed E-state index contributed by atoms with van der Waals surface area (Å²) in [6, 6.07) is -1.32. The molecule has 1 atom stereocenters. The number of carboxylic acid groups (broad SMARTS) is 1. The monoisotopic (exact) mass is 274 g/mol. The van der Waals surface area contributed by atoms with E-state index in [0.717, 1.165) is 6.42 Å². The van der Waals surface area contributed by atoms with Crippen LogP contribution >= 0.6 is 0 Å². The van der Waals surface area contributed by atoms with Crippen LogP contribution in [-0.2, 0) is 14.4 Å². The third-order valence-corrected chi connectivity index (χ3v) is 2.59. The van der Waals surface area contributed by atoms with E-state index < -0.39 is 37.0 Å². The Morgan fingerprint density at radius 3 is 2.26 bits per heavy atom. The van der Waals surface area contributed by atoms with E-state index in [9.17, 15) is 14.4 Å². The second-order valence-corrected chi connectivity index (χ2v) is 4.79. The lowest BCUT2D eigenvalue weighted by Gasteiger charge is -2.21. The van der Waals surface area contributed by atoms with Crippen molar-refractivity contribution < 1.29 is 24.6 Å². The van der Waals surface area contributed by atoms with E-state index in [2.05, 4.69) is 0 Å². The van der Waals surface area contributed by atoms with Crippen LogP contribution in [0.4, 0.5) is 0 Å². The number of imide groups is 1. The fourth-order valence-corrected chi connectivity index (χ4v) is 1.54. The summed E-state index contributed by atoms with van der Waals surface area (Å²) in [6.07, 6.45) is 0.994. The lowest BCUT2D eigenvalue weighted by molar-refractivity contribution is -0.152. The minimum atomic E-state index is -1.32. The van der Waals surface area contributed by atoms with Gasteiger partial charge < -0.3 is 15.9 Å². The molecule has 0 aliphatic carbocycles. The summed E-state index contributed by atoms with van der Waals surface area (Å²) in [5.74, 6) is -2.18. The number of aliphatic carboxylic acids is 1. The number of nitrogens with two attached hydrogens (primary N) is 1. The van der Waals surface area contributed by atoms with Gasteiger partial charge in [0.25, 0.3) is 0 Å².